The topological polar surface area (TPSA) is 22.4 Å². The molecular weight excluding hydrogens is 248 g/mol. The van der Waals surface area contributed by atoms with E-state index in [4.69, 9.17) is 9.15 Å². The Labute approximate surface area is 119 Å². The van der Waals surface area contributed by atoms with Crippen LogP contribution in [0, 0.1) is 0 Å². The molecule has 0 N–H and O–H groups in total. The summed E-state index contributed by atoms with van der Waals surface area (Å²) in [6.45, 7) is 6.22. The first-order valence-corrected chi connectivity index (χ1v) is 7.23. The van der Waals surface area contributed by atoms with E-state index in [2.05, 4.69) is 19.6 Å². The number of methoxy groups -OCH3 is 1. The number of hydrogen-bond acceptors (Lipinski definition) is 2. The van der Waals surface area contributed by atoms with E-state index in [1.807, 2.05) is 12.1 Å². The van der Waals surface area contributed by atoms with Gasteiger partial charge in [0.25, 0.3) is 0 Å². The van der Waals surface area contributed by atoms with Gasteiger partial charge in [-0.1, -0.05) is 26.0 Å². The van der Waals surface area contributed by atoms with Crippen molar-refractivity contribution in [3.8, 4) is 0 Å². The number of ether oxygens (including phenoxy) is 1. The van der Waals surface area contributed by atoms with Gasteiger partial charge in [0.1, 0.15) is 11.3 Å². The SMILES string of the molecule is C=Cc1c(CCC)c2c(c3occc13)C(OC)=CCC2. The van der Waals surface area contributed by atoms with E-state index in [1.165, 1.54) is 16.7 Å². The van der Waals surface area contributed by atoms with Crippen LogP contribution in [0.3, 0.4) is 0 Å². The van der Waals surface area contributed by atoms with E-state index < -0.39 is 0 Å². The van der Waals surface area contributed by atoms with Crippen LogP contribution in [-0.2, 0) is 17.6 Å². The maximum Gasteiger partial charge on any atom is 0.145 e. The molecule has 1 heterocycles. The molecule has 0 amide bonds. The van der Waals surface area contributed by atoms with Crippen molar-refractivity contribution in [2.45, 2.75) is 32.6 Å². The lowest BCUT2D eigenvalue weighted by Crippen LogP contribution is -2.08. The number of rotatable bonds is 4. The van der Waals surface area contributed by atoms with Gasteiger partial charge in [0.05, 0.1) is 18.9 Å². The molecule has 0 fully saturated rings. The lowest BCUT2D eigenvalue weighted by atomic mass is 9.84. The summed E-state index contributed by atoms with van der Waals surface area (Å²) < 4.78 is 11.3. The van der Waals surface area contributed by atoms with Gasteiger partial charge in [0, 0.05) is 5.39 Å². The molecule has 1 aromatic heterocycles. The second-order valence-corrected chi connectivity index (χ2v) is 5.17. The smallest absolute Gasteiger partial charge is 0.145 e. The summed E-state index contributed by atoms with van der Waals surface area (Å²) in [5.41, 5.74) is 6.10. The minimum absolute atomic E-state index is 0.933. The predicted molar refractivity (Wildman–Crippen MR) is 83.6 cm³/mol. The third-order valence-electron chi connectivity index (χ3n) is 4.07. The number of furan rings is 1. The summed E-state index contributed by atoms with van der Waals surface area (Å²) >= 11 is 0. The minimum Gasteiger partial charge on any atom is -0.496 e. The van der Waals surface area contributed by atoms with Gasteiger partial charge >= 0.3 is 0 Å². The van der Waals surface area contributed by atoms with E-state index in [-0.39, 0.29) is 0 Å². The van der Waals surface area contributed by atoms with Crippen molar-refractivity contribution in [1.82, 2.24) is 0 Å². The van der Waals surface area contributed by atoms with Crippen molar-refractivity contribution in [3.63, 3.8) is 0 Å². The van der Waals surface area contributed by atoms with Crippen LogP contribution in [0.5, 0.6) is 0 Å². The molecule has 1 aliphatic carbocycles. The highest BCUT2D eigenvalue weighted by atomic mass is 16.5. The van der Waals surface area contributed by atoms with Gasteiger partial charge in [-0.25, -0.2) is 0 Å². The van der Waals surface area contributed by atoms with Gasteiger partial charge in [-0.05, 0) is 48.1 Å². The standard InChI is InChI=1S/C18H20O2/c1-4-7-13-12(5-2)15-10-11-20-18(15)17-14(13)8-6-9-16(17)19-3/h5,9-11H,2,4,6-8H2,1,3H3. The zero-order valence-corrected chi connectivity index (χ0v) is 12.2. The van der Waals surface area contributed by atoms with Crippen molar-refractivity contribution in [2.24, 2.45) is 0 Å². The predicted octanol–water partition coefficient (Wildman–Crippen LogP) is 4.96. The van der Waals surface area contributed by atoms with Crippen LogP contribution < -0.4 is 0 Å². The maximum absolute atomic E-state index is 5.76. The summed E-state index contributed by atoms with van der Waals surface area (Å²) in [5, 5.41) is 1.15. The van der Waals surface area contributed by atoms with E-state index >= 15 is 0 Å². The molecule has 1 aliphatic rings. The molecule has 3 rings (SSSR count). The number of fused-ring (bicyclic) bond motifs is 3. The second kappa shape index (κ2) is 5.20. The van der Waals surface area contributed by atoms with E-state index in [9.17, 15) is 0 Å². The second-order valence-electron chi connectivity index (χ2n) is 5.17. The summed E-state index contributed by atoms with van der Waals surface area (Å²) in [7, 11) is 1.73. The molecule has 0 bridgehead atoms. The highest BCUT2D eigenvalue weighted by Gasteiger charge is 2.24. The molecule has 2 heteroatoms. The van der Waals surface area contributed by atoms with Crippen LogP contribution in [0.25, 0.3) is 22.8 Å². The molecule has 0 aliphatic heterocycles. The van der Waals surface area contributed by atoms with Crippen LogP contribution in [-0.4, -0.2) is 7.11 Å². The Kier molecular flexibility index (Phi) is 3.39. The molecule has 2 aromatic rings. The van der Waals surface area contributed by atoms with Crippen LogP contribution in [0.15, 0.2) is 29.4 Å². The summed E-state index contributed by atoms with van der Waals surface area (Å²) in [5.74, 6) is 0.944. The van der Waals surface area contributed by atoms with Gasteiger partial charge in [-0.2, -0.15) is 0 Å². The monoisotopic (exact) mass is 268 g/mol. The first-order chi connectivity index (χ1) is 9.81. The fourth-order valence-corrected chi connectivity index (χ4v) is 3.27. The molecule has 1 aromatic carbocycles. The van der Waals surface area contributed by atoms with Crippen molar-refractivity contribution in [3.05, 3.63) is 47.2 Å². The van der Waals surface area contributed by atoms with E-state index in [0.717, 1.165) is 48.0 Å². The molecule has 104 valence electrons. The largest absolute Gasteiger partial charge is 0.496 e. The average Bonchev–Trinajstić information content (AvgIpc) is 2.96. The van der Waals surface area contributed by atoms with Crippen molar-refractivity contribution < 1.29 is 9.15 Å². The van der Waals surface area contributed by atoms with Crippen molar-refractivity contribution in [2.75, 3.05) is 7.11 Å². The molecule has 0 unspecified atom stereocenters. The van der Waals surface area contributed by atoms with Crippen LogP contribution in [0.1, 0.15) is 42.0 Å². The molecule has 0 saturated carbocycles. The normalized spacial score (nSPS) is 14.0. The third kappa shape index (κ3) is 1.79. The fourth-order valence-electron chi connectivity index (χ4n) is 3.27. The van der Waals surface area contributed by atoms with Crippen LogP contribution >= 0.6 is 0 Å². The van der Waals surface area contributed by atoms with Gasteiger partial charge < -0.3 is 9.15 Å². The van der Waals surface area contributed by atoms with Crippen molar-refractivity contribution >= 4 is 22.8 Å². The molecule has 0 saturated heterocycles. The Bertz CT molecular complexity index is 689. The van der Waals surface area contributed by atoms with Crippen molar-refractivity contribution in [1.29, 1.82) is 0 Å². The molecule has 0 spiro atoms. The maximum atomic E-state index is 5.76. The van der Waals surface area contributed by atoms with Gasteiger partial charge in [-0.15, -0.1) is 0 Å². The van der Waals surface area contributed by atoms with Gasteiger partial charge in [0.15, 0.2) is 0 Å². The first-order valence-electron chi connectivity index (χ1n) is 7.23. The Hall–Kier alpha value is -1.96. The summed E-state index contributed by atoms with van der Waals surface area (Å²) in [6.07, 6.45) is 10.2. The minimum atomic E-state index is 0.933. The molecule has 0 atom stereocenters. The molecule has 20 heavy (non-hydrogen) atoms. The van der Waals surface area contributed by atoms with Gasteiger partial charge in [-0.3, -0.25) is 0 Å². The Morgan fingerprint density at radius 2 is 2.30 bits per heavy atom. The Morgan fingerprint density at radius 1 is 1.45 bits per heavy atom. The van der Waals surface area contributed by atoms with Gasteiger partial charge in [0.2, 0.25) is 0 Å². The summed E-state index contributed by atoms with van der Waals surface area (Å²) in [6, 6.07) is 2.04. The molecule has 2 nitrogen and oxygen atoms in total. The molecular formula is C18H20O2. The fraction of sp³-hybridized carbons (Fsp3) is 0.333. The lowest BCUT2D eigenvalue weighted by Gasteiger charge is -2.22. The lowest BCUT2D eigenvalue weighted by molar-refractivity contribution is 0.366. The Morgan fingerprint density at radius 3 is 3.00 bits per heavy atom. The van der Waals surface area contributed by atoms with E-state index in [1.54, 1.807) is 13.4 Å². The highest BCUT2D eigenvalue weighted by molar-refractivity contribution is 5.97. The highest BCUT2D eigenvalue weighted by Crippen LogP contribution is 2.40. The first kappa shape index (κ1) is 13.0. The summed E-state index contributed by atoms with van der Waals surface area (Å²) in [4.78, 5) is 0. The number of allylic oxidation sites excluding steroid dienone is 1. The molecule has 0 radical (unpaired) electrons. The van der Waals surface area contributed by atoms with Crippen LogP contribution in [0.4, 0.5) is 0 Å². The number of benzene rings is 1. The third-order valence-corrected chi connectivity index (χ3v) is 4.07. The average molecular weight is 268 g/mol. The Balaban J connectivity index is 2.41. The quantitative estimate of drug-likeness (QED) is 0.781. The zero-order valence-electron chi connectivity index (χ0n) is 12.2. The van der Waals surface area contributed by atoms with Crippen LogP contribution in [0.2, 0.25) is 0 Å². The zero-order chi connectivity index (χ0) is 14.1. The van der Waals surface area contributed by atoms with E-state index in [0.29, 0.717) is 0 Å². The number of hydrogen-bond donors (Lipinski definition) is 0.